The van der Waals surface area contributed by atoms with E-state index in [9.17, 15) is 28.8 Å². The summed E-state index contributed by atoms with van der Waals surface area (Å²) in [6, 6.07) is -1.11. The van der Waals surface area contributed by atoms with Gasteiger partial charge in [-0.05, 0) is 25.7 Å². The van der Waals surface area contributed by atoms with Gasteiger partial charge in [0.15, 0.2) is 0 Å². The van der Waals surface area contributed by atoms with Crippen LogP contribution in [0, 0.1) is 0 Å². The number of imide groups is 2. The maximum atomic E-state index is 12.1. The fourth-order valence-corrected chi connectivity index (χ4v) is 4.61. The molecule has 2 aliphatic rings. The largest absolute Gasteiger partial charge is 0.343 e. The third-order valence-electron chi connectivity index (χ3n) is 7.18. The van der Waals surface area contributed by atoms with Crippen molar-refractivity contribution in [3.63, 3.8) is 0 Å². The molecule has 214 valence electrons. The van der Waals surface area contributed by atoms with Gasteiger partial charge in [0, 0.05) is 25.7 Å². The van der Waals surface area contributed by atoms with E-state index in [0.29, 0.717) is 25.7 Å². The summed E-state index contributed by atoms with van der Waals surface area (Å²) >= 11 is 0. The second-order valence-corrected chi connectivity index (χ2v) is 10.5. The minimum atomic E-state index is -0.557. The molecule has 0 bridgehead atoms. The number of nitrogens with zero attached hydrogens (tertiary/aromatic N) is 2. The maximum absolute atomic E-state index is 12.1. The van der Waals surface area contributed by atoms with Crippen LogP contribution in [0.4, 0.5) is 0 Å². The van der Waals surface area contributed by atoms with Crippen LogP contribution in [0.15, 0.2) is 0 Å². The van der Waals surface area contributed by atoms with Crippen LogP contribution in [0.1, 0.15) is 117 Å². The monoisotopic (exact) mass is 534 g/mol. The smallest absolute Gasteiger partial charge is 0.253 e. The highest BCUT2D eigenvalue weighted by Crippen LogP contribution is 2.16. The lowest BCUT2D eigenvalue weighted by Crippen LogP contribution is -2.65. The van der Waals surface area contributed by atoms with E-state index in [2.05, 4.69) is 10.6 Å². The number of carbonyl (C=O) groups is 6. The van der Waals surface area contributed by atoms with Crippen molar-refractivity contribution in [1.82, 2.24) is 20.4 Å². The van der Waals surface area contributed by atoms with E-state index in [0.717, 1.165) is 77.0 Å². The minimum Gasteiger partial charge on any atom is -0.343 e. The maximum Gasteiger partial charge on any atom is 0.253 e. The summed E-state index contributed by atoms with van der Waals surface area (Å²) in [5, 5.41) is 5.45. The van der Waals surface area contributed by atoms with Gasteiger partial charge in [-0.15, -0.1) is 0 Å². The molecule has 6 amide bonds. The predicted molar refractivity (Wildman–Crippen MR) is 143 cm³/mol. The van der Waals surface area contributed by atoms with E-state index in [4.69, 9.17) is 0 Å². The molecule has 2 fully saturated rings. The molecule has 2 saturated heterocycles. The zero-order chi connectivity index (χ0) is 27.9. The van der Waals surface area contributed by atoms with Crippen molar-refractivity contribution < 1.29 is 28.8 Å². The fraction of sp³-hybridized carbons (Fsp3) is 0.786. The third-order valence-corrected chi connectivity index (χ3v) is 7.18. The van der Waals surface area contributed by atoms with Gasteiger partial charge >= 0.3 is 0 Å². The van der Waals surface area contributed by atoms with E-state index in [1.807, 2.05) is 13.8 Å². The molecule has 2 rings (SSSR count). The minimum absolute atomic E-state index is 0.137. The summed E-state index contributed by atoms with van der Waals surface area (Å²) in [6.07, 6.45) is 12.5. The van der Waals surface area contributed by atoms with E-state index >= 15 is 0 Å². The average Bonchev–Trinajstić information content (AvgIpc) is 2.90. The Kier molecular flexibility index (Phi) is 14.0. The van der Waals surface area contributed by atoms with Crippen LogP contribution < -0.4 is 10.6 Å². The van der Waals surface area contributed by atoms with Crippen LogP contribution in [0.5, 0.6) is 0 Å². The molecule has 2 heterocycles. The quantitative estimate of drug-likeness (QED) is 0.193. The SMILES string of the molecule is CCCCC(=O)N1C[C@H](NC(=O)CCCCCCCCCCC(=O)N[C@H]2CN(C(=O)CCCC)C2=O)C1=O. The van der Waals surface area contributed by atoms with E-state index < -0.39 is 12.1 Å². The molecule has 2 aliphatic heterocycles. The molecular weight excluding hydrogens is 488 g/mol. The number of hydrogen-bond acceptors (Lipinski definition) is 6. The van der Waals surface area contributed by atoms with Crippen molar-refractivity contribution in [2.45, 2.75) is 129 Å². The van der Waals surface area contributed by atoms with Crippen molar-refractivity contribution in [2.75, 3.05) is 13.1 Å². The van der Waals surface area contributed by atoms with Crippen LogP contribution in [0.2, 0.25) is 0 Å². The Labute approximate surface area is 226 Å². The molecule has 2 atom stereocenters. The zero-order valence-electron chi connectivity index (χ0n) is 23.2. The molecule has 0 aromatic carbocycles. The lowest BCUT2D eigenvalue weighted by Gasteiger charge is -2.37. The lowest BCUT2D eigenvalue weighted by atomic mass is 10.0. The van der Waals surface area contributed by atoms with Crippen LogP contribution >= 0.6 is 0 Å². The first-order chi connectivity index (χ1) is 18.3. The van der Waals surface area contributed by atoms with Gasteiger partial charge in [0.25, 0.3) is 11.8 Å². The molecule has 0 unspecified atom stereocenters. The van der Waals surface area contributed by atoms with Gasteiger partial charge in [-0.1, -0.05) is 65.2 Å². The number of nitrogens with one attached hydrogen (secondary N) is 2. The molecular formula is C28H46N4O6. The zero-order valence-corrected chi connectivity index (χ0v) is 23.2. The summed E-state index contributed by atoms with van der Waals surface area (Å²) in [4.78, 5) is 74.4. The van der Waals surface area contributed by atoms with Crippen LogP contribution in [-0.4, -0.2) is 70.4 Å². The molecule has 0 aromatic heterocycles. The molecule has 38 heavy (non-hydrogen) atoms. The number of likely N-dealkylation sites (tertiary alicyclic amines) is 2. The molecule has 0 spiro atoms. The van der Waals surface area contributed by atoms with Gasteiger partial charge in [0.2, 0.25) is 23.6 Å². The highest BCUT2D eigenvalue weighted by Gasteiger charge is 2.41. The Bertz CT molecular complexity index is 777. The molecule has 0 radical (unpaired) electrons. The highest BCUT2D eigenvalue weighted by molar-refractivity contribution is 6.05. The Morgan fingerprint density at radius 2 is 0.921 bits per heavy atom. The first-order valence-corrected chi connectivity index (χ1v) is 14.6. The molecule has 0 aliphatic carbocycles. The predicted octanol–water partition coefficient (Wildman–Crippen LogP) is 2.98. The standard InChI is InChI=1S/C28H46N4O6/c1-3-5-17-25(35)31-19-21(27(31)37)29-23(33)15-13-11-9-7-8-10-12-14-16-24(34)30-22-20-32(28(22)38)26(36)18-6-4-2/h21-22H,3-20H2,1-2H3,(H,29,33)(H,30,34)/t21-,22-/m0/s1. The van der Waals surface area contributed by atoms with Crippen molar-refractivity contribution >= 4 is 35.4 Å². The molecule has 10 nitrogen and oxygen atoms in total. The highest BCUT2D eigenvalue weighted by atomic mass is 16.2. The summed E-state index contributed by atoms with van der Waals surface area (Å²) in [6.45, 7) is 4.56. The molecule has 10 heteroatoms. The van der Waals surface area contributed by atoms with Crippen molar-refractivity contribution in [3.05, 3.63) is 0 Å². The number of unbranched alkanes of at least 4 members (excludes halogenated alkanes) is 9. The number of β-lactam (4-membered cyclic amide) rings is 2. The van der Waals surface area contributed by atoms with Crippen LogP contribution in [-0.2, 0) is 28.8 Å². The number of hydrogen-bond donors (Lipinski definition) is 2. The van der Waals surface area contributed by atoms with Crippen molar-refractivity contribution in [3.8, 4) is 0 Å². The van der Waals surface area contributed by atoms with Gasteiger partial charge in [-0.25, -0.2) is 0 Å². The van der Waals surface area contributed by atoms with Gasteiger partial charge in [-0.3, -0.25) is 38.6 Å². The lowest BCUT2D eigenvalue weighted by molar-refractivity contribution is -0.158. The van der Waals surface area contributed by atoms with E-state index in [1.165, 1.54) is 9.80 Å². The molecule has 2 N–H and O–H groups in total. The Morgan fingerprint density at radius 1 is 0.579 bits per heavy atom. The van der Waals surface area contributed by atoms with Crippen molar-refractivity contribution in [2.24, 2.45) is 0 Å². The summed E-state index contributed by atoms with van der Waals surface area (Å²) < 4.78 is 0. The van der Waals surface area contributed by atoms with Crippen LogP contribution in [0.25, 0.3) is 0 Å². The Balaban J connectivity index is 1.39. The topological polar surface area (TPSA) is 133 Å². The second-order valence-electron chi connectivity index (χ2n) is 10.5. The summed E-state index contributed by atoms with van der Waals surface area (Å²) in [5.41, 5.74) is 0. The van der Waals surface area contributed by atoms with Gasteiger partial charge in [-0.2, -0.15) is 0 Å². The summed E-state index contributed by atoms with van der Waals surface area (Å²) in [5.74, 6) is -1.18. The second kappa shape index (κ2) is 16.9. The fourth-order valence-electron chi connectivity index (χ4n) is 4.61. The number of amides is 6. The summed E-state index contributed by atoms with van der Waals surface area (Å²) in [7, 11) is 0. The number of carbonyl (C=O) groups excluding carboxylic acids is 6. The van der Waals surface area contributed by atoms with Crippen molar-refractivity contribution in [1.29, 1.82) is 0 Å². The average molecular weight is 535 g/mol. The normalized spacial score (nSPS) is 18.6. The van der Waals surface area contributed by atoms with Crippen LogP contribution in [0.3, 0.4) is 0 Å². The number of rotatable bonds is 19. The van der Waals surface area contributed by atoms with Gasteiger partial charge < -0.3 is 10.6 Å². The van der Waals surface area contributed by atoms with Gasteiger partial charge in [0.1, 0.15) is 12.1 Å². The Hall–Kier alpha value is -2.78. The van der Waals surface area contributed by atoms with E-state index in [-0.39, 0.29) is 48.5 Å². The Morgan fingerprint density at radius 3 is 1.24 bits per heavy atom. The third kappa shape index (κ3) is 10.2. The van der Waals surface area contributed by atoms with Gasteiger partial charge in [0.05, 0.1) is 13.1 Å². The van der Waals surface area contributed by atoms with E-state index in [1.54, 1.807) is 0 Å². The molecule has 0 saturated carbocycles. The first kappa shape index (κ1) is 31.4. The molecule has 0 aromatic rings. The first-order valence-electron chi connectivity index (χ1n) is 14.6.